The largest absolute Gasteiger partial charge is 0.257 e. The number of rotatable bonds is 3. The van der Waals surface area contributed by atoms with Gasteiger partial charge >= 0.3 is 0 Å². The summed E-state index contributed by atoms with van der Waals surface area (Å²) in [6, 6.07) is 10.1. The lowest BCUT2D eigenvalue weighted by Gasteiger charge is -1.98. The molecule has 0 unspecified atom stereocenters. The summed E-state index contributed by atoms with van der Waals surface area (Å²) in [5, 5.41) is 1.02. The number of sulfone groups is 1. The molecule has 0 aliphatic rings. The lowest BCUT2D eigenvalue weighted by atomic mass is 10.3. The molecule has 1 aromatic heterocycles. The van der Waals surface area contributed by atoms with Crippen LogP contribution in [-0.4, -0.2) is 13.4 Å². The molecule has 5 heteroatoms. The summed E-state index contributed by atoms with van der Waals surface area (Å²) < 4.78 is 36.7. The molecule has 18 heavy (non-hydrogen) atoms. The third-order valence-electron chi connectivity index (χ3n) is 2.23. The van der Waals surface area contributed by atoms with Gasteiger partial charge in [0.25, 0.3) is 0 Å². The Bertz CT molecular complexity index is 666. The smallest absolute Gasteiger partial charge is 0.199 e. The SMILES string of the molecule is O=S(=O)(/C=C/c1ccccn1)c1cccc(F)c1. The van der Waals surface area contributed by atoms with Gasteiger partial charge in [-0.25, -0.2) is 12.8 Å². The van der Waals surface area contributed by atoms with Crippen molar-refractivity contribution in [2.45, 2.75) is 4.90 Å². The van der Waals surface area contributed by atoms with E-state index in [-0.39, 0.29) is 4.90 Å². The summed E-state index contributed by atoms with van der Waals surface area (Å²) in [7, 11) is -3.64. The molecule has 0 aliphatic heterocycles. The Hall–Kier alpha value is -2.01. The van der Waals surface area contributed by atoms with E-state index in [4.69, 9.17) is 0 Å². The summed E-state index contributed by atoms with van der Waals surface area (Å²) >= 11 is 0. The first-order valence-corrected chi connectivity index (χ1v) is 6.72. The van der Waals surface area contributed by atoms with Crippen molar-refractivity contribution < 1.29 is 12.8 Å². The zero-order valence-electron chi connectivity index (χ0n) is 9.32. The molecule has 0 N–H and O–H groups in total. The number of benzene rings is 1. The van der Waals surface area contributed by atoms with E-state index in [1.165, 1.54) is 24.3 Å². The van der Waals surface area contributed by atoms with Crippen LogP contribution in [0.3, 0.4) is 0 Å². The van der Waals surface area contributed by atoms with Crippen molar-refractivity contribution in [3.05, 3.63) is 65.6 Å². The average Bonchev–Trinajstić information content (AvgIpc) is 2.38. The van der Waals surface area contributed by atoms with Crippen molar-refractivity contribution in [3.63, 3.8) is 0 Å². The molecule has 3 nitrogen and oxygen atoms in total. The lowest BCUT2D eigenvalue weighted by molar-refractivity contribution is 0.598. The van der Waals surface area contributed by atoms with E-state index in [2.05, 4.69) is 4.98 Å². The fourth-order valence-electron chi connectivity index (χ4n) is 1.36. The molecular formula is C13H10FNO2S. The molecule has 0 radical (unpaired) electrons. The molecule has 0 bridgehead atoms. The van der Waals surface area contributed by atoms with Crippen LogP contribution in [0, 0.1) is 5.82 Å². The van der Waals surface area contributed by atoms with Crippen LogP contribution in [-0.2, 0) is 9.84 Å². The number of aromatic nitrogens is 1. The fourth-order valence-corrected chi connectivity index (χ4v) is 2.38. The molecule has 2 aromatic rings. The van der Waals surface area contributed by atoms with Gasteiger partial charge in [-0.1, -0.05) is 12.1 Å². The van der Waals surface area contributed by atoms with Gasteiger partial charge in [-0.2, -0.15) is 0 Å². The summed E-state index contributed by atoms with van der Waals surface area (Å²) in [4.78, 5) is 3.89. The number of hydrogen-bond acceptors (Lipinski definition) is 3. The van der Waals surface area contributed by atoms with Gasteiger partial charge in [0.15, 0.2) is 9.84 Å². The van der Waals surface area contributed by atoms with Gasteiger partial charge in [0.1, 0.15) is 5.82 Å². The molecular weight excluding hydrogens is 253 g/mol. The third-order valence-corrected chi connectivity index (χ3v) is 3.64. The van der Waals surface area contributed by atoms with Crippen molar-refractivity contribution >= 4 is 15.9 Å². The van der Waals surface area contributed by atoms with Gasteiger partial charge in [-0.05, 0) is 36.4 Å². The molecule has 0 atom stereocenters. The molecule has 92 valence electrons. The minimum atomic E-state index is -3.64. The zero-order valence-corrected chi connectivity index (χ0v) is 10.1. The van der Waals surface area contributed by atoms with Crippen LogP contribution in [0.2, 0.25) is 0 Å². The van der Waals surface area contributed by atoms with Crippen LogP contribution in [0.15, 0.2) is 59.0 Å². The zero-order chi connectivity index (χ0) is 13.0. The minimum absolute atomic E-state index is 0.0744. The van der Waals surface area contributed by atoms with Crippen molar-refractivity contribution in [1.29, 1.82) is 0 Å². The maximum atomic E-state index is 13.0. The number of halogens is 1. The Balaban J connectivity index is 2.31. The molecule has 1 heterocycles. The van der Waals surface area contributed by atoms with Crippen molar-refractivity contribution in [2.24, 2.45) is 0 Å². The first-order chi connectivity index (χ1) is 8.58. The van der Waals surface area contributed by atoms with Crippen LogP contribution in [0.25, 0.3) is 6.08 Å². The van der Waals surface area contributed by atoms with E-state index in [0.29, 0.717) is 5.69 Å². The van der Waals surface area contributed by atoms with Crippen molar-refractivity contribution in [3.8, 4) is 0 Å². The second-order valence-corrected chi connectivity index (χ2v) is 5.39. The third kappa shape index (κ3) is 3.01. The normalized spacial score (nSPS) is 11.8. The van der Waals surface area contributed by atoms with Gasteiger partial charge < -0.3 is 0 Å². The summed E-state index contributed by atoms with van der Waals surface area (Å²) in [6.07, 6.45) is 2.94. The fraction of sp³-hybridized carbons (Fsp3) is 0. The van der Waals surface area contributed by atoms with E-state index in [1.54, 1.807) is 24.4 Å². The van der Waals surface area contributed by atoms with Crippen LogP contribution in [0.4, 0.5) is 4.39 Å². The summed E-state index contributed by atoms with van der Waals surface area (Å²) in [5.41, 5.74) is 0.525. The van der Waals surface area contributed by atoms with Crippen molar-refractivity contribution in [1.82, 2.24) is 4.98 Å². The van der Waals surface area contributed by atoms with Crippen molar-refractivity contribution in [2.75, 3.05) is 0 Å². The van der Waals surface area contributed by atoms with Gasteiger partial charge in [-0.15, -0.1) is 0 Å². The summed E-state index contributed by atoms with van der Waals surface area (Å²) in [5.74, 6) is -0.581. The predicted octanol–water partition coefficient (Wildman–Crippen LogP) is 2.67. The van der Waals surface area contributed by atoms with E-state index in [0.717, 1.165) is 11.5 Å². The Morgan fingerprint density at radius 1 is 1.11 bits per heavy atom. The summed E-state index contributed by atoms with van der Waals surface area (Å²) in [6.45, 7) is 0. The Labute approximate surface area is 105 Å². The molecule has 0 amide bonds. The molecule has 0 saturated heterocycles. The molecule has 0 spiro atoms. The molecule has 1 aromatic carbocycles. The van der Waals surface area contributed by atoms with E-state index in [9.17, 15) is 12.8 Å². The highest BCUT2D eigenvalue weighted by molar-refractivity contribution is 7.94. The van der Waals surface area contributed by atoms with Crippen LogP contribution >= 0.6 is 0 Å². The lowest BCUT2D eigenvalue weighted by Crippen LogP contribution is -1.96. The number of hydrogen-bond donors (Lipinski definition) is 0. The van der Waals surface area contributed by atoms with Gasteiger partial charge in [-0.3, -0.25) is 4.98 Å². The first kappa shape index (κ1) is 12.4. The second-order valence-electron chi connectivity index (χ2n) is 3.56. The van der Waals surface area contributed by atoms with E-state index < -0.39 is 15.7 Å². The quantitative estimate of drug-likeness (QED) is 0.855. The maximum absolute atomic E-state index is 13.0. The van der Waals surface area contributed by atoms with Gasteiger partial charge in [0, 0.05) is 11.6 Å². The Morgan fingerprint density at radius 3 is 2.61 bits per heavy atom. The van der Waals surface area contributed by atoms with E-state index in [1.807, 2.05) is 0 Å². The first-order valence-electron chi connectivity index (χ1n) is 5.18. The van der Waals surface area contributed by atoms with Crippen LogP contribution in [0.5, 0.6) is 0 Å². The number of pyridine rings is 1. The topological polar surface area (TPSA) is 47.0 Å². The van der Waals surface area contributed by atoms with Crippen LogP contribution in [0.1, 0.15) is 5.69 Å². The van der Waals surface area contributed by atoms with Crippen LogP contribution < -0.4 is 0 Å². The Kier molecular flexibility index (Phi) is 3.53. The maximum Gasteiger partial charge on any atom is 0.199 e. The highest BCUT2D eigenvalue weighted by atomic mass is 32.2. The monoisotopic (exact) mass is 263 g/mol. The standard InChI is InChI=1S/C13H10FNO2S/c14-11-4-3-6-13(10-11)18(16,17)9-7-12-5-1-2-8-15-12/h1-10H/b9-7+. The number of nitrogens with zero attached hydrogens (tertiary/aromatic N) is 1. The van der Waals surface area contributed by atoms with E-state index >= 15 is 0 Å². The Morgan fingerprint density at radius 2 is 1.94 bits per heavy atom. The van der Waals surface area contributed by atoms with Gasteiger partial charge in [0.2, 0.25) is 0 Å². The minimum Gasteiger partial charge on any atom is -0.257 e. The second kappa shape index (κ2) is 5.10. The highest BCUT2D eigenvalue weighted by Gasteiger charge is 2.10. The average molecular weight is 263 g/mol. The van der Waals surface area contributed by atoms with Gasteiger partial charge in [0.05, 0.1) is 10.6 Å². The molecule has 0 fully saturated rings. The predicted molar refractivity (Wildman–Crippen MR) is 66.9 cm³/mol. The molecule has 2 rings (SSSR count). The highest BCUT2D eigenvalue weighted by Crippen LogP contribution is 2.14. The molecule has 0 saturated carbocycles. The molecule has 0 aliphatic carbocycles.